The van der Waals surface area contributed by atoms with E-state index < -0.39 is 41.4 Å². The number of nitrogens with zero attached hydrogens (tertiary/aromatic N) is 2. The Balaban J connectivity index is 1.76. The molecule has 4 rings (SSSR count). The van der Waals surface area contributed by atoms with Gasteiger partial charge in [0, 0.05) is 10.6 Å². The fourth-order valence-electron chi connectivity index (χ4n) is 4.92. The molecule has 0 spiro atoms. The number of imide groups is 1. The summed E-state index contributed by atoms with van der Waals surface area (Å²) in [6, 6.07) is 9.56. The highest BCUT2D eigenvalue weighted by Gasteiger charge is 2.54. The fraction of sp³-hybridized carbons (Fsp3) is 0.385. The lowest BCUT2D eigenvalue weighted by atomic mass is 9.76. The smallest absolute Gasteiger partial charge is 0.275 e. The minimum Gasteiger partial charge on any atom is -0.497 e. The molecule has 2 aromatic rings. The summed E-state index contributed by atoms with van der Waals surface area (Å²) in [4.78, 5) is 54.2. The molecule has 2 aromatic carbocycles. The van der Waals surface area contributed by atoms with E-state index >= 15 is 0 Å². The van der Waals surface area contributed by atoms with Gasteiger partial charge in [-0.1, -0.05) is 30.1 Å². The van der Waals surface area contributed by atoms with E-state index in [9.17, 15) is 19.2 Å². The van der Waals surface area contributed by atoms with Gasteiger partial charge in [-0.25, -0.2) is 5.01 Å². The van der Waals surface area contributed by atoms with Crippen molar-refractivity contribution in [1.29, 1.82) is 0 Å². The highest BCUT2D eigenvalue weighted by atomic mass is 35.5. The maximum Gasteiger partial charge on any atom is 0.275 e. The van der Waals surface area contributed by atoms with E-state index in [2.05, 4.69) is 0 Å². The molecule has 9 heteroatoms. The number of hydrogen-bond acceptors (Lipinski definition) is 5. The van der Waals surface area contributed by atoms with Crippen molar-refractivity contribution in [2.45, 2.75) is 39.2 Å². The second-order valence-electron chi connectivity index (χ2n) is 9.16. The second kappa shape index (κ2) is 9.99. The van der Waals surface area contributed by atoms with Gasteiger partial charge in [-0.2, -0.15) is 5.01 Å². The van der Waals surface area contributed by atoms with Gasteiger partial charge >= 0.3 is 0 Å². The lowest BCUT2D eigenvalue weighted by Crippen LogP contribution is -2.56. The van der Waals surface area contributed by atoms with Gasteiger partial charge in [-0.15, -0.1) is 0 Å². The molecule has 1 saturated carbocycles. The number of Topliss-reactive ketones (excluding diaryl/α,β-unsaturated/α-hetero) is 1. The number of rotatable bonds is 6. The predicted molar refractivity (Wildman–Crippen MR) is 131 cm³/mol. The van der Waals surface area contributed by atoms with Crippen LogP contribution in [-0.4, -0.2) is 46.7 Å². The first-order valence-corrected chi connectivity index (χ1v) is 12.2. The highest BCUT2D eigenvalue weighted by Crippen LogP contribution is 2.42. The van der Waals surface area contributed by atoms with Gasteiger partial charge in [-0.05, 0) is 74.6 Å². The third-order valence-electron chi connectivity index (χ3n) is 6.87. The molecule has 2 fully saturated rings. The van der Waals surface area contributed by atoms with Crippen molar-refractivity contribution in [1.82, 2.24) is 10.0 Å². The van der Waals surface area contributed by atoms with Crippen LogP contribution in [0.25, 0.3) is 0 Å². The van der Waals surface area contributed by atoms with Crippen molar-refractivity contribution in [2.24, 2.45) is 17.8 Å². The quantitative estimate of drug-likeness (QED) is 0.396. The fourth-order valence-corrected chi connectivity index (χ4v) is 5.41. The topological polar surface area (TPSA) is 84.0 Å². The van der Waals surface area contributed by atoms with Gasteiger partial charge in [0.05, 0.1) is 29.5 Å². The lowest BCUT2D eigenvalue weighted by molar-refractivity contribution is -0.156. The van der Waals surface area contributed by atoms with Crippen molar-refractivity contribution in [3.63, 3.8) is 0 Å². The van der Waals surface area contributed by atoms with Crippen molar-refractivity contribution in [2.75, 3.05) is 7.11 Å². The van der Waals surface area contributed by atoms with E-state index in [1.54, 1.807) is 24.3 Å². The summed E-state index contributed by atoms with van der Waals surface area (Å²) in [5.74, 6) is -2.23. The van der Waals surface area contributed by atoms with E-state index in [1.165, 1.54) is 32.2 Å². The minimum atomic E-state index is -1.16. The summed E-state index contributed by atoms with van der Waals surface area (Å²) in [6.45, 7) is 3.54. The number of amides is 3. The Morgan fingerprint density at radius 1 is 1.03 bits per heavy atom. The number of carbonyl (C=O) groups excluding carboxylic acids is 4. The summed E-state index contributed by atoms with van der Waals surface area (Å²) in [7, 11) is 1.51. The van der Waals surface area contributed by atoms with Gasteiger partial charge in [0.15, 0.2) is 5.78 Å². The first kappa shape index (κ1) is 25.2. The lowest BCUT2D eigenvalue weighted by Gasteiger charge is -2.35. The molecule has 0 N–H and O–H groups in total. The van der Waals surface area contributed by atoms with Crippen LogP contribution in [-0.2, 0) is 9.59 Å². The molecule has 3 amide bonds. The second-order valence-corrected chi connectivity index (χ2v) is 10.0. The Labute approximate surface area is 213 Å². The normalized spacial score (nSPS) is 22.5. The minimum absolute atomic E-state index is 0.0364. The highest BCUT2D eigenvalue weighted by molar-refractivity contribution is 6.36. The van der Waals surface area contributed by atoms with Gasteiger partial charge in [-0.3, -0.25) is 19.2 Å². The van der Waals surface area contributed by atoms with E-state index in [1.807, 2.05) is 6.92 Å². The number of methoxy groups -OCH3 is 1. The molecule has 184 valence electrons. The van der Waals surface area contributed by atoms with Crippen LogP contribution >= 0.6 is 23.2 Å². The molecule has 1 aliphatic heterocycles. The Bertz CT molecular complexity index is 1180. The molecule has 0 aromatic heterocycles. The van der Waals surface area contributed by atoms with Crippen LogP contribution in [0.2, 0.25) is 10.0 Å². The van der Waals surface area contributed by atoms with Crippen LogP contribution in [0.3, 0.4) is 0 Å². The number of benzene rings is 2. The average Bonchev–Trinajstić information content (AvgIpc) is 3.08. The van der Waals surface area contributed by atoms with Crippen molar-refractivity contribution in [3.05, 3.63) is 63.6 Å². The molecular formula is C26H26Cl2N2O5. The molecule has 35 heavy (non-hydrogen) atoms. The van der Waals surface area contributed by atoms with Crippen LogP contribution in [0.15, 0.2) is 42.5 Å². The summed E-state index contributed by atoms with van der Waals surface area (Å²) < 4.78 is 5.15. The Kier molecular flexibility index (Phi) is 7.20. The third kappa shape index (κ3) is 4.67. The molecule has 4 atom stereocenters. The molecule has 1 aliphatic carbocycles. The number of carbonyl (C=O) groups is 4. The zero-order valence-electron chi connectivity index (χ0n) is 19.7. The first-order valence-electron chi connectivity index (χ1n) is 11.5. The molecule has 0 bridgehead atoms. The van der Waals surface area contributed by atoms with Crippen LogP contribution in [0.1, 0.15) is 53.8 Å². The molecule has 2 aliphatic rings. The van der Waals surface area contributed by atoms with Gasteiger partial charge < -0.3 is 4.74 Å². The number of ether oxygens (including phenoxy) is 1. The number of fused-ring (bicyclic) bond motifs is 1. The summed E-state index contributed by atoms with van der Waals surface area (Å²) in [5, 5.41) is 2.23. The molecular weight excluding hydrogens is 491 g/mol. The summed E-state index contributed by atoms with van der Waals surface area (Å²) in [5.41, 5.74) is 0.345. The average molecular weight is 517 g/mol. The van der Waals surface area contributed by atoms with Gasteiger partial charge in [0.25, 0.3) is 17.7 Å². The van der Waals surface area contributed by atoms with Crippen LogP contribution < -0.4 is 4.74 Å². The molecule has 1 saturated heterocycles. The van der Waals surface area contributed by atoms with E-state index in [0.29, 0.717) is 35.1 Å². The zero-order valence-corrected chi connectivity index (χ0v) is 21.2. The maximum absolute atomic E-state index is 13.8. The van der Waals surface area contributed by atoms with Crippen molar-refractivity contribution >= 4 is 46.7 Å². The molecule has 0 radical (unpaired) electrons. The third-order valence-corrected chi connectivity index (χ3v) is 7.42. The number of hydrazine groups is 1. The standard InChI is InChI=1S/C26H26Cl2N2O5/c1-14-4-10-19-21(12-14)26(34)30(24(19)32)29(25(33)20-11-7-17(27)13-22(20)28)15(2)23(31)16-5-8-18(35-3)9-6-16/h5-9,11,13-15,19,21H,4,10,12H2,1-3H3/t14-,15-,19+,21+/m0/s1. The van der Waals surface area contributed by atoms with Crippen molar-refractivity contribution in [3.8, 4) is 5.75 Å². The Morgan fingerprint density at radius 3 is 2.31 bits per heavy atom. The monoisotopic (exact) mass is 516 g/mol. The van der Waals surface area contributed by atoms with Crippen LogP contribution in [0.4, 0.5) is 0 Å². The Morgan fingerprint density at radius 2 is 1.69 bits per heavy atom. The van der Waals surface area contributed by atoms with Gasteiger partial charge in [0.2, 0.25) is 0 Å². The zero-order chi connectivity index (χ0) is 25.4. The van der Waals surface area contributed by atoms with Gasteiger partial charge in [0.1, 0.15) is 11.8 Å². The first-order chi connectivity index (χ1) is 16.6. The largest absolute Gasteiger partial charge is 0.497 e. The summed E-state index contributed by atoms with van der Waals surface area (Å²) >= 11 is 12.3. The molecule has 1 heterocycles. The van der Waals surface area contributed by atoms with Crippen LogP contribution in [0, 0.1) is 17.8 Å². The number of ketones is 1. The SMILES string of the molecule is COc1ccc(C(=O)[C@H](C)N(C(=O)c2ccc(Cl)cc2Cl)N2C(=O)[C@@H]3CC[C@H](C)C[C@H]3C2=O)cc1. The Hall–Kier alpha value is -2.90. The van der Waals surface area contributed by atoms with E-state index in [4.69, 9.17) is 27.9 Å². The molecule has 7 nitrogen and oxygen atoms in total. The van der Waals surface area contributed by atoms with Crippen LogP contribution in [0.5, 0.6) is 5.75 Å². The predicted octanol–water partition coefficient (Wildman–Crippen LogP) is 5.05. The summed E-state index contributed by atoms with van der Waals surface area (Å²) in [6.07, 6.45) is 1.96. The number of hydrogen-bond donors (Lipinski definition) is 0. The van der Waals surface area contributed by atoms with Crippen molar-refractivity contribution < 1.29 is 23.9 Å². The molecule has 0 unspecified atom stereocenters. The van der Waals surface area contributed by atoms with E-state index in [0.717, 1.165) is 16.4 Å². The number of halogens is 2. The maximum atomic E-state index is 13.8. The van der Waals surface area contributed by atoms with E-state index in [-0.39, 0.29) is 10.6 Å².